The average Bonchev–Trinajstić information content (AvgIpc) is 3.51. The van der Waals surface area contributed by atoms with E-state index in [9.17, 15) is 28.9 Å². The van der Waals surface area contributed by atoms with Crippen LogP contribution in [0.15, 0.2) is 59.3 Å². The fraction of sp³-hybridized carbons (Fsp3) is 0.174. The molecule has 0 spiro atoms. The highest BCUT2D eigenvalue weighted by Crippen LogP contribution is 2.25. The summed E-state index contributed by atoms with van der Waals surface area (Å²) in [6.07, 6.45) is 0.223. The number of non-ortho nitro benzene ring substituents is 1. The average molecular weight is 492 g/mol. The first-order valence-corrected chi connectivity index (χ1v) is 10.8. The summed E-state index contributed by atoms with van der Waals surface area (Å²) >= 11 is 0. The summed E-state index contributed by atoms with van der Waals surface area (Å²) in [5.41, 5.74) is 0.562. The van der Waals surface area contributed by atoms with Crippen molar-refractivity contribution in [2.24, 2.45) is 0 Å². The Hall–Kier alpha value is -4.94. The van der Waals surface area contributed by atoms with Crippen molar-refractivity contribution < 1.29 is 28.2 Å². The molecule has 0 aliphatic carbocycles. The number of carbonyl (C=O) groups is 3. The Kier molecular flexibility index (Phi) is 5.72. The van der Waals surface area contributed by atoms with E-state index in [0.29, 0.717) is 10.9 Å². The molecule has 12 nitrogen and oxygen atoms in total. The number of nitro benzene ring substituents is 1. The summed E-state index contributed by atoms with van der Waals surface area (Å²) in [7, 11) is 0. The van der Waals surface area contributed by atoms with Gasteiger partial charge in [-0.2, -0.15) is 0 Å². The van der Waals surface area contributed by atoms with Gasteiger partial charge in [0.25, 0.3) is 29.2 Å². The molecular weight excluding hydrogens is 475 g/mol. The molecule has 5 rings (SSSR count). The van der Waals surface area contributed by atoms with Crippen LogP contribution in [0.4, 0.5) is 10.1 Å². The van der Waals surface area contributed by atoms with Gasteiger partial charge in [0.2, 0.25) is 0 Å². The van der Waals surface area contributed by atoms with E-state index in [1.807, 2.05) is 0 Å². The second kappa shape index (κ2) is 9.02. The predicted octanol–water partition coefficient (Wildman–Crippen LogP) is 2.23. The molecule has 36 heavy (non-hydrogen) atoms. The number of halogens is 1. The largest absolute Gasteiger partial charge is 0.406 e. The molecule has 182 valence electrons. The number of fused-ring (bicyclic) bond motifs is 1. The van der Waals surface area contributed by atoms with Crippen LogP contribution in [0.5, 0.6) is 0 Å². The van der Waals surface area contributed by atoms with Crippen molar-refractivity contribution in [2.75, 3.05) is 26.2 Å². The van der Waals surface area contributed by atoms with Crippen LogP contribution in [-0.2, 0) is 4.79 Å². The third-order valence-corrected chi connectivity index (χ3v) is 5.91. The fourth-order valence-electron chi connectivity index (χ4n) is 4.13. The third kappa shape index (κ3) is 4.06. The molecule has 0 unspecified atom stereocenters. The van der Waals surface area contributed by atoms with Crippen molar-refractivity contribution in [3.63, 3.8) is 0 Å². The highest BCUT2D eigenvalue weighted by Gasteiger charge is 2.31. The Balaban J connectivity index is 1.32. The van der Waals surface area contributed by atoms with Gasteiger partial charge in [0.05, 0.1) is 16.0 Å². The third-order valence-electron chi connectivity index (χ3n) is 5.91. The van der Waals surface area contributed by atoms with Gasteiger partial charge in [-0.1, -0.05) is 24.3 Å². The van der Waals surface area contributed by atoms with E-state index in [2.05, 4.69) is 14.7 Å². The first-order valence-electron chi connectivity index (χ1n) is 10.8. The lowest BCUT2D eigenvalue weighted by atomic mass is 10.1. The number of amides is 2. The van der Waals surface area contributed by atoms with Crippen molar-refractivity contribution in [1.29, 1.82) is 0 Å². The maximum Gasteiger partial charge on any atom is 0.406 e. The maximum atomic E-state index is 13.3. The van der Waals surface area contributed by atoms with Gasteiger partial charge in [0, 0.05) is 55.5 Å². The number of piperazine rings is 1. The van der Waals surface area contributed by atoms with Crippen molar-refractivity contribution in [3.05, 3.63) is 82.1 Å². The number of carbonyl (C=O) groups excluding carboxylic acids is 3. The SMILES string of the molecule is O=C(C(=O)N1CCN(C(=O)c2cccc([N+](=O)[O-])c2)CC1)c1cn(-c2noc(F)n2)c2ccccc12. The molecule has 2 amide bonds. The Bertz CT molecular complexity index is 1520. The van der Waals surface area contributed by atoms with E-state index in [1.54, 1.807) is 24.3 Å². The zero-order chi connectivity index (χ0) is 25.4. The van der Waals surface area contributed by atoms with Gasteiger partial charge >= 0.3 is 6.14 Å². The number of nitrogens with zero attached hydrogens (tertiary/aromatic N) is 6. The van der Waals surface area contributed by atoms with Gasteiger partial charge in [-0.3, -0.25) is 29.1 Å². The summed E-state index contributed by atoms with van der Waals surface area (Å²) in [5.74, 6) is -2.04. The number of ketones is 1. The van der Waals surface area contributed by atoms with E-state index in [1.165, 1.54) is 44.8 Å². The predicted molar refractivity (Wildman–Crippen MR) is 121 cm³/mol. The zero-order valence-electron chi connectivity index (χ0n) is 18.5. The Morgan fingerprint density at radius 3 is 2.42 bits per heavy atom. The molecule has 0 radical (unpaired) electrons. The van der Waals surface area contributed by atoms with Crippen LogP contribution in [0, 0.1) is 16.3 Å². The van der Waals surface area contributed by atoms with Crippen LogP contribution >= 0.6 is 0 Å². The first kappa shape index (κ1) is 22.8. The highest BCUT2D eigenvalue weighted by molar-refractivity contribution is 6.45. The molecule has 13 heteroatoms. The molecule has 0 bridgehead atoms. The van der Waals surface area contributed by atoms with Crippen molar-refractivity contribution in [2.45, 2.75) is 0 Å². The van der Waals surface area contributed by atoms with Crippen LogP contribution in [0.3, 0.4) is 0 Å². The van der Waals surface area contributed by atoms with Crippen LogP contribution in [0.2, 0.25) is 0 Å². The van der Waals surface area contributed by atoms with Gasteiger partial charge in [-0.25, -0.2) is 0 Å². The zero-order valence-corrected chi connectivity index (χ0v) is 18.5. The molecule has 1 aliphatic heterocycles. The van der Waals surface area contributed by atoms with Gasteiger partial charge in [0.1, 0.15) is 0 Å². The molecular formula is C23H17FN6O6. The van der Waals surface area contributed by atoms with Gasteiger partial charge in [-0.15, -0.1) is 9.37 Å². The first-order chi connectivity index (χ1) is 17.3. The van der Waals surface area contributed by atoms with E-state index in [0.717, 1.165) is 0 Å². The number of hydrogen-bond donors (Lipinski definition) is 0. The molecule has 0 N–H and O–H groups in total. The summed E-state index contributed by atoms with van der Waals surface area (Å²) in [6.45, 7) is 0.536. The molecule has 3 heterocycles. The Morgan fingerprint density at radius 1 is 1.00 bits per heavy atom. The van der Waals surface area contributed by atoms with Crippen molar-refractivity contribution in [3.8, 4) is 5.95 Å². The summed E-state index contributed by atoms with van der Waals surface area (Å²) in [6, 6.07) is 12.2. The maximum absolute atomic E-state index is 13.3. The number of hydrogen-bond acceptors (Lipinski definition) is 8. The molecule has 4 aromatic rings. The highest BCUT2D eigenvalue weighted by atomic mass is 19.1. The number of para-hydroxylation sites is 1. The Labute approximate surface area is 201 Å². The van der Waals surface area contributed by atoms with Crippen molar-refractivity contribution >= 4 is 34.2 Å². The standard InChI is InChI=1S/C23H17FN6O6/c24-22-25-23(26-36-22)29-13-17(16-6-1-2-7-18(16)29)19(31)21(33)28-10-8-27(9-11-28)20(32)14-4-3-5-15(12-14)30(34)35/h1-7,12-13H,8-11H2. The summed E-state index contributed by atoms with van der Waals surface area (Å²) in [4.78, 5) is 55.7. The molecule has 1 fully saturated rings. The lowest BCUT2D eigenvalue weighted by Gasteiger charge is -2.34. The Morgan fingerprint density at radius 2 is 1.72 bits per heavy atom. The molecule has 0 saturated carbocycles. The molecule has 2 aromatic carbocycles. The fourth-order valence-corrected chi connectivity index (χ4v) is 4.13. The normalized spacial score (nSPS) is 13.7. The van der Waals surface area contributed by atoms with Gasteiger partial charge in [0.15, 0.2) is 0 Å². The van der Waals surface area contributed by atoms with E-state index < -0.39 is 28.7 Å². The van der Waals surface area contributed by atoms with E-state index >= 15 is 0 Å². The minimum absolute atomic E-state index is 0.0934. The quantitative estimate of drug-likeness (QED) is 0.178. The number of nitro groups is 1. The van der Waals surface area contributed by atoms with E-state index in [4.69, 9.17) is 0 Å². The van der Waals surface area contributed by atoms with Crippen LogP contribution in [0.25, 0.3) is 16.9 Å². The second-order valence-corrected chi connectivity index (χ2v) is 8.00. The molecule has 0 atom stereocenters. The van der Waals surface area contributed by atoms with Crippen LogP contribution < -0.4 is 0 Å². The lowest BCUT2D eigenvalue weighted by molar-refractivity contribution is -0.384. The van der Waals surface area contributed by atoms with Crippen molar-refractivity contribution in [1.82, 2.24) is 24.5 Å². The van der Waals surface area contributed by atoms with E-state index in [-0.39, 0.29) is 48.9 Å². The van der Waals surface area contributed by atoms with Crippen LogP contribution in [0.1, 0.15) is 20.7 Å². The smallest absolute Gasteiger partial charge is 0.335 e. The monoisotopic (exact) mass is 492 g/mol. The minimum Gasteiger partial charge on any atom is -0.335 e. The number of Topliss-reactive ketones (excluding diaryl/α,β-unsaturated/α-hetero) is 1. The number of benzene rings is 2. The van der Waals surface area contributed by atoms with Gasteiger partial charge < -0.3 is 14.3 Å². The lowest BCUT2D eigenvalue weighted by Crippen LogP contribution is -2.52. The molecule has 1 saturated heterocycles. The summed E-state index contributed by atoms with van der Waals surface area (Å²) < 4.78 is 19.0. The topological polar surface area (TPSA) is 145 Å². The van der Waals surface area contributed by atoms with Gasteiger partial charge in [-0.05, 0) is 17.3 Å². The molecule has 2 aromatic heterocycles. The second-order valence-electron chi connectivity index (χ2n) is 8.00. The number of rotatable bonds is 5. The van der Waals surface area contributed by atoms with Crippen LogP contribution in [-0.4, -0.2) is 73.2 Å². The minimum atomic E-state index is -1.13. The summed E-state index contributed by atoms with van der Waals surface area (Å²) in [5, 5.41) is 15.0. The number of aromatic nitrogens is 3. The molecule has 1 aliphatic rings.